The number of imidazole rings is 1. The average molecular weight is 1920 g/mol. The summed E-state index contributed by atoms with van der Waals surface area (Å²) in [6.45, 7) is 0.563. The minimum atomic E-state index is -1.76. The maximum absolute atomic E-state index is 15.3. The van der Waals surface area contributed by atoms with Crippen LogP contribution in [0, 0.1) is 11.3 Å². The number of guanidine groups is 1. The molecule has 2 saturated heterocycles. The van der Waals surface area contributed by atoms with E-state index in [1.807, 2.05) is 12.1 Å². The van der Waals surface area contributed by atoms with Crippen molar-refractivity contribution in [3.63, 3.8) is 0 Å². The van der Waals surface area contributed by atoms with E-state index in [0.717, 1.165) is 60.2 Å². The molecule has 3 aromatic heterocycles. The number of aromatic amines is 3. The molecule has 2 fully saturated rings. The predicted octanol–water partition coefficient (Wildman–Crippen LogP) is -3.70. The number of aliphatic hydroxyl groups excluding tert-OH is 2. The molecule has 47 nitrogen and oxygen atoms in total. The minimum absolute atomic E-state index is 0.0122. The fourth-order valence-corrected chi connectivity index (χ4v) is 15.7. The summed E-state index contributed by atoms with van der Waals surface area (Å²) in [5.41, 5.74) is 25.1. The van der Waals surface area contributed by atoms with Crippen LogP contribution in [0.25, 0.3) is 10.9 Å². The first kappa shape index (κ1) is 111. The molecule has 5 heterocycles. The van der Waals surface area contributed by atoms with E-state index >= 15 is 14.4 Å². The number of unbranched alkanes of at least 4 members (excludes halogenated alkanes) is 12. The number of para-hydroxylation sites is 1. The number of aromatic nitrogens is 7. The number of ether oxygens (including phenoxy) is 2. The van der Waals surface area contributed by atoms with Gasteiger partial charge >= 0.3 is 0 Å². The Morgan fingerprint density at radius 3 is 1.91 bits per heavy atom. The predicted molar refractivity (Wildman–Crippen MR) is 499 cm³/mol. The maximum atomic E-state index is 15.3. The SMILES string of the molecule is CC(C)C[C@@H](NC(=O)[C@H](CN)NC(=O)[C@H](Cc1c[nH]cn1)NC(=O)[C@H](CCC(N)=O)NC(=O)[C@H](CO)NC(=O)CNC(=O)COCCOCCNC(=O)CCCCCCCCCCCCCCCc1nnn[nH]1)C(=O)N[C@H]1CCC(=O)NCCCC[C@@H](C(N)=O)NC(=O)[C@H](Cc2c[nH]c3ccccc23)NC(=O)[C@H](CCCNC(=N)N)NC(=O)[C@@H](Cc2ccccc2)NC(=O)[C@@H]2C[C@@H](O)CN2C1=O. The van der Waals surface area contributed by atoms with E-state index in [0.29, 0.717) is 17.5 Å². The van der Waals surface area contributed by atoms with E-state index in [1.165, 1.54) is 63.9 Å². The number of amides is 16. The van der Waals surface area contributed by atoms with Crippen LogP contribution in [-0.2, 0) is 112 Å². The van der Waals surface area contributed by atoms with Gasteiger partial charge in [-0.15, -0.1) is 5.10 Å². The molecule has 0 radical (unpaired) electrons. The summed E-state index contributed by atoms with van der Waals surface area (Å²) in [5, 5.41) is 80.3. The summed E-state index contributed by atoms with van der Waals surface area (Å²) in [6.07, 6.45) is 16.1. The monoisotopic (exact) mass is 1920 g/mol. The summed E-state index contributed by atoms with van der Waals surface area (Å²) in [4.78, 5) is 235. The number of rotatable bonds is 55. The van der Waals surface area contributed by atoms with Gasteiger partial charge in [-0.25, -0.2) is 10.1 Å². The van der Waals surface area contributed by atoms with Crippen molar-refractivity contribution in [3.8, 4) is 0 Å². The van der Waals surface area contributed by atoms with Gasteiger partial charge in [0.05, 0.1) is 51.1 Å². The van der Waals surface area contributed by atoms with Crippen molar-refractivity contribution in [3.05, 3.63) is 96.0 Å². The molecule has 2 aliphatic rings. The highest BCUT2D eigenvalue weighted by Gasteiger charge is 2.44. The van der Waals surface area contributed by atoms with Gasteiger partial charge < -0.3 is 132 Å². The van der Waals surface area contributed by atoms with E-state index in [9.17, 15) is 72.5 Å². The van der Waals surface area contributed by atoms with Crippen LogP contribution < -0.4 is 97.4 Å². The molecular formula is C90H139N27O20. The van der Waals surface area contributed by atoms with Crippen LogP contribution in [0.15, 0.2) is 73.3 Å². The molecule has 0 bridgehead atoms. The second-order valence-electron chi connectivity index (χ2n) is 34.6. The minimum Gasteiger partial charge on any atom is -0.394 e. The number of carbonyl (C=O) groups is 16. The van der Waals surface area contributed by atoms with Crippen molar-refractivity contribution in [2.75, 3.05) is 72.3 Å². The quantitative estimate of drug-likeness (QED) is 0.0101. The third-order valence-corrected chi connectivity index (χ3v) is 23.1. The molecule has 2 aromatic carbocycles. The Kier molecular flexibility index (Phi) is 49.4. The highest BCUT2D eigenvalue weighted by Crippen LogP contribution is 2.24. The van der Waals surface area contributed by atoms with Crippen molar-refractivity contribution in [1.82, 2.24) is 115 Å². The fourth-order valence-electron chi connectivity index (χ4n) is 15.7. The molecule has 754 valence electrons. The molecule has 5 aromatic rings. The van der Waals surface area contributed by atoms with Crippen molar-refractivity contribution in [2.24, 2.45) is 28.9 Å². The number of carbonyl (C=O) groups excluding carboxylic acids is 16. The van der Waals surface area contributed by atoms with Crippen LogP contribution in [0.4, 0.5) is 0 Å². The van der Waals surface area contributed by atoms with Crippen molar-refractivity contribution in [2.45, 2.75) is 273 Å². The van der Waals surface area contributed by atoms with Crippen molar-refractivity contribution >= 4 is 111 Å². The average Bonchev–Trinajstić information content (AvgIpc) is 1.68. The number of hydrogen-bond donors (Lipinski definition) is 24. The zero-order chi connectivity index (χ0) is 99.4. The third-order valence-electron chi connectivity index (χ3n) is 23.1. The molecule has 137 heavy (non-hydrogen) atoms. The molecule has 28 N–H and O–H groups in total. The Morgan fingerprint density at radius 2 is 1.24 bits per heavy atom. The number of nitrogens with two attached hydrogens (primary N) is 4. The van der Waals surface area contributed by atoms with Crippen LogP contribution >= 0.6 is 0 Å². The number of benzene rings is 2. The normalized spacial score (nSPS) is 18.8. The molecule has 47 heteroatoms. The number of hydrogen-bond acceptors (Lipinski definition) is 26. The van der Waals surface area contributed by atoms with Crippen LogP contribution in [0.2, 0.25) is 0 Å². The third kappa shape index (κ3) is 41.5. The summed E-state index contributed by atoms with van der Waals surface area (Å²) < 4.78 is 10.8. The largest absolute Gasteiger partial charge is 0.394 e. The summed E-state index contributed by atoms with van der Waals surface area (Å²) >= 11 is 0. The Balaban J connectivity index is 0.950. The van der Waals surface area contributed by atoms with Crippen molar-refractivity contribution < 1.29 is 96.4 Å². The number of nitrogens with one attached hydrogen (secondary N) is 18. The van der Waals surface area contributed by atoms with Gasteiger partial charge in [-0.3, -0.25) is 82.1 Å². The highest BCUT2D eigenvalue weighted by molar-refractivity contribution is 6.01. The van der Waals surface area contributed by atoms with Gasteiger partial charge in [0.15, 0.2) is 5.96 Å². The van der Waals surface area contributed by atoms with Gasteiger partial charge in [0.25, 0.3) is 0 Å². The fraction of sp³-hybridized carbons (Fsp3) is 0.611. The first-order valence-corrected chi connectivity index (χ1v) is 47.1. The number of aryl methyl sites for hydroxylation is 1. The van der Waals surface area contributed by atoms with Gasteiger partial charge in [0, 0.05) is 107 Å². The second-order valence-corrected chi connectivity index (χ2v) is 34.6. The Hall–Kier alpha value is -13.2. The molecule has 0 spiro atoms. The molecule has 0 saturated carbocycles. The number of aliphatic hydroxyl groups is 2. The Labute approximate surface area is 794 Å². The van der Waals surface area contributed by atoms with Crippen LogP contribution in [0.1, 0.15) is 197 Å². The lowest BCUT2D eigenvalue weighted by Crippen LogP contribution is -2.62. The molecule has 12 atom stereocenters. The van der Waals surface area contributed by atoms with E-state index in [4.69, 9.17) is 37.8 Å². The number of primary amides is 2. The van der Waals surface area contributed by atoms with Crippen molar-refractivity contribution in [1.29, 1.82) is 5.41 Å². The molecule has 16 amide bonds. The van der Waals surface area contributed by atoms with Crippen LogP contribution in [-0.4, -0.2) is 296 Å². The second kappa shape index (κ2) is 61.1. The van der Waals surface area contributed by atoms with E-state index in [-0.39, 0.29) is 108 Å². The lowest BCUT2D eigenvalue weighted by atomic mass is 10.0. The van der Waals surface area contributed by atoms with E-state index < -0.39 is 238 Å². The number of nitrogens with zero attached hydrogens (tertiary/aromatic N) is 5. The number of H-pyrrole nitrogens is 3. The first-order chi connectivity index (χ1) is 65.9. The topological polar surface area (TPSA) is 731 Å². The van der Waals surface area contributed by atoms with Gasteiger partial charge in [-0.1, -0.05) is 133 Å². The van der Waals surface area contributed by atoms with E-state index in [1.54, 1.807) is 62.5 Å². The number of fused-ring (bicyclic) bond motifs is 2. The Bertz CT molecular complexity index is 4680. The van der Waals surface area contributed by atoms with Gasteiger partial charge in [-0.2, -0.15) is 0 Å². The maximum Gasteiger partial charge on any atom is 0.246 e. The zero-order valence-electron chi connectivity index (χ0n) is 78.0. The molecule has 2 aliphatic heterocycles. The first-order valence-electron chi connectivity index (χ1n) is 47.1. The summed E-state index contributed by atoms with van der Waals surface area (Å²) in [5.74, 6) is -14.3. The van der Waals surface area contributed by atoms with Gasteiger partial charge in [-0.05, 0) is 97.7 Å². The molecule has 0 aliphatic carbocycles. The lowest BCUT2D eigenvalue weighted by molar-refractivity contribution is -0.143. The lowest BCUT2D eigenvalue weighted by Gasteiger charge is -2.31. The summed E-state index contributed by atoms with van der Waals surface area (Å²) in [6, 6.07) is -1.83. The molecular weight excluding hydrogens is 1780 g/mol. The van der Waals surface area contributed by atoms with Crippen LogP contribution in [0.5, 0.6) is 0 Å². The zero-order valence-corrected chi connectivity index (χ0v) is 78.0. The van der Waals surface area contributed by atoms with Gasteiger partial charge in [0.2, 0.25) is 94.5 Å². The van der Waals surface area contributed by atoms with Gasteiger partial charge in [0.1, 0.15) is 78.9 Å². The number of tetrazole rings is 1. The smallest absolute Gasteiger partial charge is 0.246 e. The standard InChI is InChI=1S/C90H139N27O20/c1-55(2)42-66(82(128)107-65-33-35-76(122)97-36-22-21-28-62(79(93)125)104-84(130)68(44-57-48-100-61-27-20-19-26-60(57)61)109-80(126)63(29-23-37-99-90(94)95)105-83(129)67(43-56-24-15-14-16-25-56)111-88(134)72-46-59(119)51-117(72)89(65)135)108-86(132)70(47-91)112-85(131)69(45-58-49-96-54-102-58)110-81(127)64(32-34-73(92)120)106-87(133)71(52-118)103-77(123)50-101-78(124)53-137-41-40-136-39-38-98-75(121)31-18-13-11-9-7-5-3-4-6-8-10-12-17-30-74-113-115-116-114-74/h14-16,19-20,24-27,48-49,54-55,59,62-72,100,118-119H,3-13,17-18,21-23,28-47,50-53,91H2,1-2H3,(H2,92,120)(H2,93,125)(H,96,102)(H,97,122)(H,98,121)(H,101,124)(H,103,123)(H,104,130)(H,105,129)(H,106,133)(H,107,128)(H,108,132)(H,109,126)(H,110,127)(H,111,134)(H,112,131)(H4,94,95,99)(H,113,114,115,116)/t59-,62+,63+,64+,65+,66-,67-,68+,69+,70+,71+,72+/m1/s1. The molecule has 0 unspecified atom stereocenters. The summed E-state index contributed by atoms with van der Waals surface area (Å²) in [7, 11) is 0. The highest BCUT2D eigenvalue weighted by atomic mass is 16.5. The van der Waals surface area contributed by atoms with Crippen LogP contribution in [0.3, 0.4) is 0 Å². The van der Waals surface area contributed by atoms with E-state index in [2.05, 4.69) is 110 Å². The molecule has 7 rings (SSSR count). The Morgan fingerprint density at radius 1 is 0.613 bits per heavy atom.